The van der Waals surface area contributed by atoms with E-state index in [1.165, 1.54) is 6.07 Å². The Kier molecular flexibility index (Phi) is 3.26. The van der Waals surface area contributed by atoms with Crippen LogP contribution in [0.1, 0.15) is 20.3 Å². The third-order valence-corrected chi connectivity index (χ3v) is 3.24. The Bertz CT molecular complexity index is 665. The number of aromatic nitrogens is 1. The molecule has 1 aromatic heterocycles. The van der Waals surface area contributed by atoms with Gasteiger partial charge in [-0.25, -0.2) is 0 Å². The molecule has 0 atom stereocenters. The molecular formula is C14H15N3O2. The van der Waals surface area contributed by atoms with Crippen LogP contribution < -0.4 is 0 Å². The normalized spacial score (nSPS) is 11.4. The second kappa shape index (κ2) is 4.73. The molecule has 0 fully saturated rings. The van der Waals surface area contributed by atoms with Crippen molar-refractivity contribution in [2.24, 2.45) is 5.41 Å². The molecule has 1 aromatic carbocycles. The summed E-state index contributed by atoms with van der Waals surface area (Å²) in [6.45, 7) is 4.33. The van der Waals surface area contributed by atoms with Crippen LogP contribution in [0.4, 0.5) is 5.69 Å². The molecular weight excluding hydrogens is 242 g/mol. The third kappa shape index (κ3) is 2.58. The van der Waals surface area contributed by atoms with Crippen molar-refractivity contribution in [3.8, 4) is 6.07 Å². The summed E-state index contributed by atoms with van der Waals surface area (Å²) in [5, 5.41) is 20.9. The number of hydrogen-bond acceptors (Lipinski definition) is 3. The highest BCUT2D eigenvalue weighted by Gasteiger charge is 2.19. The molecule has 0 N–H and O–H groups in total. The number of nitro benzene ring substituents is 1. The molecule has 0 spiro atoms. The van der Waals surface area contributed by atoms with E-state index in [2.05, 4.69) is 6.07 Å². The summed E-state index contributed by atoms with van der Waals surface area (Å²) in [6.07, 6.45) is 2.49. The van der Waals surface area contributed by atoms with E-state index in [1.54, 1.807) is 6.07 Å². The molecule has 0 bridgehead atoms. The molecule has 0 aliphatic carbocycles. The van der Waals surface area contributed by atoms with Gasteiger partial charge in [-0.3, -0.25) is 10.1 Å². The first-order valence-electron chi connectivity index (χ1n) is 6.08. The fourth-order valence-corrected chi connectivity index (χ4v) is 2.03. The SMILES string of the molecule is CC(C)(C#N)CCn1ccc2cccc([N+](=O)[O-])c21. The van der Waals surface area contributed by atoms with Crippen molar-refractivity contribution in [1.29, 1.82) is 5.26 Å². The smallest absolute Gasteiger partial charge is 0.293 e. The van der Waals surface area contributed by atoms with Crippen LogP contribution in [0.15, 0.2) is 30.5 Å². The highest BCUT2D eigenvalue weighted by molar-refractivity contribution is 5.88. The van der Waals surface area contributed by atoms with E-state index >= 15 is 0 Å². The molecule has 2 rings (SSSR count). The van der Waals surface area contributed by atoms with Crippen molar-refractivity contribution in [2.75, 3.05) is 0 Å². The Morgan fingerprint density at radius 3 is 2.79 bits per heavy atom. The minimum Gasteiger partial charge on any atom is -0.342 e. The van der Waals surface area contributed by atoms with Crippen molar-refractivity contribution in [3.05, 3.63) is 40.6 Å². The number of fused-ring (bicyclic) bond motifs is 1. The van der Waals surface area contributed by atoms with Gasteiger partial charge in [-0.2, -0.15) is 5.26 Å². The monoisotopic (exact) mass is 257 g/mol. The zero-order valence-corrected chi connectivity index (χ0v) is 11.0. The largest absolute Gasteiger partial charge is 0.342 e. The fraction of sp³-hybridized carbons (Fsp3) is 0.357. The number of nitro groups is 1. The molecule has 0 saturated carbocycles. The summed E-state index contributed by atoms with van der Waals surface area (Å²) in [5.74, 6) is 0. The molecule has 5 nitrogen and oxygen atoms in total. The van der Waals surface area contributed by atoms with Crippen LogP contribution in [0.3, 0.4) is 0 Å². The van der Waals surface area contributed by atoms with Crippen LogP contribution in [0.25, 0.3) is 10.9 Å². The van der Waals surface area contributed by atoms with Crippen LogP contribution in [-0.2, 0) is 6.54 Å². The lowest BCUT2D eigenvalue weighted by molar-refractivity contribution is -0.383. The minimum absolute atomic E-state index is 0.109. The second-order valence-electron chi connectivity index (χ2n) is 5.23. The predicted octanol–water partition coefficient (Wildman–Crippen LogP) is 3.49. The highest BCUT2D eigenvalue weighted by atomic mass is 16.6. The van der Waals surface area contributed by atoms with Crippen molar-refractivity contribution in [2.45, 2.75) is 26.8 Å². The van der Waals surface area contributed by atoms with Gasteiger partial charge in [0.2, 0.25) is 0 Å². The third-order valence-electron chi connectivity index (χ3n) is 3.24. The average Bonchev–Trinajstić information content (AvgIpc) is 2.79. The number of hydrogen-bond donors (Lipinski definition) is 0. The van der Waals surface area contributed by atoms with E-state index < -0.39 is 5.41 Å². The lowest BCUT2D eigenvalue weighted by Gasteiger charge is -2.15. The molecule has 0 aliphatic heterocycles. The van der Waals surface area contributed by atoms with Gasteiger partial charge in [0.1, 0.15) is 5.52 Å². The van der Waals surface area contributed by atoms with E-state index in [-0.39, 0.29) is 10.6 Å². The number of nitriles is 1. The Hall–Kier alpha value is -2.35. The lowest BCUT2D eigenvalue weighted by atomic mass is 9.91. The number of non-ortho nitro benzene ring substituents is 1. The summed E-state index contributed by atoms with van der Waals surface area (Å²) in [6, 6.07) is 9.15. The second-order valence-corrected chi connectivity index (χ2v) is 5.23. The highest BCUT2D eigenvalue weighted by Crippen LogP contribution is 2.28. The molecule has 0 saturated heterocycles. The molecule has 0 unspecified atom stereocenters. The number of rotatable bonds is 4. The summed E-state index contributed by atoms with van der Waals surface area (Å²) in [4.78, 5) is 10.7. The summed E-state index contributed by atoms with van der Waals surface area (Å²) in [7, 11) is 0. The molecule has 0 amide bonds. The first kappa shape index (κ1) is 13.1. The van der Waals surface area contributed by atoms with Crippen molar-refractivity contribution in [1.82, 2.24) is 4.57 Å². The first-order valence-corrected chi connectivity index (χ1v) is 6.08. The van der Waals surface area contributed by atoms with E-state index in [4.69, 9.17) is 5.26 Å². The van der Waals surface area contributed by atoms with Gasteiger partial charge in [0.05, 0.1) is 16.4 Å². The molecule has 2 aromatic rings. The first-order chi connectivity index (χ1) is 8.94. The zero-order chi connectivity index (χ0) is 14.0. The van der Waals surface area contributed by atoms with Gasteiger partial charge in [0, 0.05) is 24.2 Å². The molecule has 98 valence electrons. The molecule has 1 heterocycles. The van der Waals surface area contributed by atoms with Crippen molar-refractivity contribution in [3.63, 3.8) is 0 Å². The van der Waals surface area contributed by atoms with Gasteiger partial charge in [-0.15, -0.1) is 0 Å². The molecule has 0 aliphatic rings. The van der Waals surface area contributed by atoms with Gasteiger partial charge in [-0.1, -0.05) is 12.1 Å². The summed E-state index contributed by atoms with van der Waals surface area (Å²) in [5.41, 5.74) is 0.304. The summed E-state index contributed by atoms with van der Waals surface area (Å²) >= 11 is 0. The maximum absolute atomic E-state index is 11.1. The van der Waals surface area contributed by atoms with Crippen LogP contribution in [-0.4, -0.2) is 9.49 Å². The fourth-order valence-electron chi connectivity index (χ4n) is 2.03. The number of nitrogens with zero attached hydrogens (tertiary/aromatic N) is 3. The van der Waals surface area contributed by atoms with Gasteiger partial charge in [-0.05, 0) is 26.3 Å². The molecule has 0 radical (unpaired) electrons. The Labute approximate surface area is 111 Å². The quantitative estimate of drug-likeness (QED) is 0.621. The maximum atomic E-state index is 11.1. The van der Waals surface area contributed by atoms with Gasteiger partial charge in [0.15, 0.2) is 0 Å². The molecule has 5 heteroatoms. The van der Waals surface area contributed by atoms with E-state index in [0.29, 0.717) is 18.5 Å². The predicted molar refractivity (Wildman–Crippen MR) is 72.6 cm³/mol. The van der Waals surface area contributed by atoms with E-state index in [1.807, 2.05) is 36.7 Å². The topological polar surface area (TPSA) is 71.9 Å². The van der Waals surface area contributed by atoms with Crippen molar-refractivity contribution < 1.29 is 4.92 Å². The van der Waals surface area contributed by atoms with Crippen LogP contribution in [0, 0.1) is 26.9 Å². The average molecular weight is 257 g/mol. The lowest BCUT2D eigenvalue weighted by Crippen LogP contribution is -2.12. The number of para-hydroxylation sites is 1. The van der Waals surface area contributed by atoms with E-state index in [0.717, 1.165) is 5.39 Å². The zero-order valence-electron chi connectivity index (χ0n) is 11.0. The standard InChI is InChI=1S/C14H15N3O2/c1-14(2,10-15)7-9-16-8-6-11-4-3-5-12(13(11)16)17(18)19/h3-6,8H,7,9H2,1-2H3. The maximum Gasteiger partial charge on any atom is 0.293 e. The Morgan fingerprint density at radius 1 is 1.42 bits per heavy atom. The van der Waals surface area contributed by atoms with Crippen LogP contribution in [0.2, 0.25) is 0 Å². The van der Waals surface area contributed by atoms with Gasteiger partial charge in [0.25, 0.3) is 5.69 Å². The van der Waals surface area contributed by atoms with Crippen molar-refractivity contribution >= 4 is 16.6 Å². The summed E-state index contributed by atoms with van der Waals surface area (Å²) < 4.78 is 1.85. The van der Waals surface area contributed by atoms with Crippen LogP contribution in [0.5, 0.6) is 0 Å². The van der Waals surface area contributed by atoms with Crippen LogP contribution >= 0.6 is 0 Å². The number of aryl methyl sites for hydroxylation is 1. The Morgan fingerprint density at radius 2 is 2.16 bits per heavy atom. The van der Waals surface area contributed by atoms with E-state index in [9.17, 15) is 10.1 Å². The minimum atomic E-state index is -0.430. The Balaban J connectivity index is 2.40. The van der Waals surface area contributed by atoms with Gasteiger partial charge >= 0.3 is 0 Å². The van der Waals surface area contributed by atoms with Gasteiger partial charge < -0.3 is 4.57 Å². The molecule has 19 heavy (non-hydrogen) atoms. The number of benzene rings is 1.